The van der Waals surface area contributed by atoms with Crippen LogP contribution in [-0.2, 0) is 6.61 Å². The van der Waals surface area contributed by atoms with Crippen molar-refractivity contribution in [3.05, 3.63) is 88.4 Å². The zero-order valence-corrected chi connectivity index (χ0v) is 18.1. The van der Waals surface area contributed by atoms with Crippen molar-refractivity contribution in [1.82, 2.24) is 5.43 Å². The van der Waals surface area contributed by atoms with Gasteiger partial charge in [-0.1, -0.05) is 35.9 Å². The topological polar surface area (TPSA) is 69.2 Å². The second-order valence-electron chi connectivity index (χ2n) is 6.49. The Morgan fingerprint density at radius 1 is 1.03 bits per heavy atom. The summed E-state index contributed by atoms with van der Waals surface area (Å²) < 4.78 is 16.5. The number of nitrogens with one attached hydrogen (secondary N) is 1. The number of hydrazone groups is 1. The van der Waals surface area contributed by atoms with Crippen molar-refractivity contribution >= 4 is 23.7 Å². The van der Waals surface area contributed by atoms with E-state index < -0.39 is 0 Å². The zero-order chi connectivity index (χ0) is 22.1. The smallest absolute Gasteiger partial charge is 0.271 e. The summed E-state index contributed by atoms with van der Waals surface area (Å²) in [6, 6.07) is 19.9. The van der Waals surface area contributed by atoms with E-state index in [1.54, 1.807) is 24.4 Å². The molecule has 3 aromatic carbocycles. The first-order valence-electron chi connectivity index (χ1n) is 9.70. The molecule has 1 amide bonds. The lowest BCUT2D eigenvalue weighted by molar-refractivity contribution is 0.0954. The van der Waals surface area contributed by atoms with Gasteiger partial charge in [0, 0.05) is 10.6 Å². The fraction of sp³-hybridized carbons (Fsp3) is 0.167. The van der Waals surface area contributed by atoms with Gasteiger partial charge in [-0.2, -0.15) is 5.10 Å². The molecule has 0 radical (unpaired) electrons. The Kier molecular flexibility index (Phi) is 7.90. The van der Waals surface area contributed by atoms with Crippen LogP contribution < -0.4 is 19.6 Å². The lowest BCUT2D eigenvalue weighted by Crippen LogP contribution is -2.17. The third-order valence-corrected chi connectivity index (χ3v) is 4.49. The average molecular weight is 439 g/mol. The van der Waals surface area contributed by atoms with E-state index in [1.165, 1.54) is 7.11 Å². The summed E-state index contributed by atoms with van der Waals surface area (Å²) in [6.45, 7) is 2.79. The van der Waals surface area contributed by atoms with Crippen LogP contribution >= 0.6 is 11.6 Å². The zero-order valence-electron chi connectivity index (χ0n) is 17.3. The second-order valence-corrected chi connectivity index (χ2v) is 6.93. The van der Waals surface area contributed by atoms with E-state index in [0.717, 1.165) is 11.1 Å². The predicted molar refractivity (Wildman–Crippen MR) is 121 cm³/mol. The van der Waals surface area contributed by atoms with Gasteiger partial charge in [-0.15, -0.1) is 0 Å². The maximum atomic E-state index is 12.4. The SMILES string of the molecule is CCOc1ccc(C(=O)N/N=C/c2cccc(OCc3cccc(Cl)c3)c2)cc1OC. The normalized spacial score (nSPS) is 10.7. The number of ether oxygens (including phenoxy) is 3. The van der Waals surface area contributed by atoms with Crippen molar-refractivity contribution in [3.8, 4) is 17.2 Å². The maximum absolute atomic E-state index is 12.4. The number of benzene rings is 3. The summed E-state index contributed by atoms with van der Waals surface area (Å²) in [4.78, 5) is 12.4. The molecule has 0 saturated heterocycles. The first kappa shape index (κ1) is 22.2. The van der Waals surface area contributed by atoms with E-state index in [-0.39, 0.29) is 5.91 Å². The molecule has 1 N–H and O–H groups in total. The second kappa shape index (κ2) is 11.0. The Balaban J connectivity index is 1.59. The van der Waals surface area contributed by atoms with Crippen molar-refractivity contribution in [1.29, 1.82) is 0 Å². The third kappa shape index (κ3) is 6.49. The number of methoxy groups -OCH3 is 1. The maximum Gasteiger partial charge on any atom is 0.271 e. The molecule has 6 nitrogen and oxygen atoms in total. The molecule has 0 fully saturated rings. The van der Waals surface area contributed by atoms with Crippen LogP contribution in [0, 0.1) is 0 Å². The molecular weight excluding hydrogens is 416 g/mol. The minimum Gasteiger partial charge on any atom is -0.493 e. The van der Waals surface area contributed by atoms with Crippen LogP contribution in [0.1, 0.15) is 28.4 Å². The van der Waals surface area contributed by atoms with Gasteiger partial charge < -0.3 is 14.2 Å². The first-order valence-corrected chi connectivity index (χ1v) is 10.1. The van der Waals surface area contributed by atoms with E-state index >= 15 is 0 Å². The number of hydrogen-bond donors (Lipinski definition) is 1. The minimum absolute atomic E-state index is 0.356. The standard InChI is InChI=1S/C24H23ClN2O4/c1-3-30-22-11-10-19(14-23(22)29-2)24(28)27-26-15-17-6-5-9-21(13-17)31-16-18-7-4-8-20(25)12-18/h4-15H,3,16H2,1-2H3,(H,27,28)/b26-15+. The summed E-state index contributed by atoms with van der Waals surface area (Å²) in [6.07, 6.45) is 1.55. The number of nitrogens with zero attached hydrogens (tertiary/aromatic N) is 1. The molecule has 160 valence electrons. The fourth-order valence-electron chi connectivity index (χ4n) is 2.79. The molecule has 0 heterocycles. The highest BCUT2D eigenvalue weighted by atomic mass is 35.5. The van der Waals surface area contributed by atoms with Gasteiger partial charge in [0.15, 0.2) is 11.5 Å². The molecule has 0 bridgehead atoms. The predicted octanol–water partition coefficient (Wildman–Crippen LogP) is 5.09. The first-order chi connectivity index (χ1) is 15.1. The fourth-order valence-corrected chi connectivity index (χ4v) is 3.00. The third-order valence-electron chi connectivity index (χ3n) is 4.26. The van der Waals surface area contributed by atoms with E-state index in [1.807, 2.05) is 55.5 Å². The Hall–Kier alpha value is -3.51. The van der Waals surface area contributed by atoms with E-state index in [9.17, 15) is 4.79 Å². The molecular formula is C24H23ClN2O4. The number of hydrogen-bond acceptors (Lipinski definition) is 5. The quantitative estimate of drug-likeness (QED) is 0.373. The van der Waals surface area contributed by atoms with Gasteiger partial charge >= 0.3 is 0 Å². The molecule has 0 aliphatic carbocycles. The van der Waals surface area contributed by atoms with E-state index in [4.69, 9.17) is 25.8 Å². The highest BCUT2D eigenvalue weighted by molar-refractivity contribution is 6.30. The molecule has 0 aliphatic heterocycles. The van der Waals surface area contributed by atoms with Crippen molar-refractivity contribution < 1.29 is 19.0 Å². The van der Waals surface area contributed by atoms with Crippen LogP contribution in [0.25, 0.3) is 0 Å². The van der Waals surface area contributed by atoms with E-state index in [0.29, 0.717) is 41.0 Å². The number of amides is 1. The molecule has 0 spiro atoms. The molecule has 0 aromatic heterocycles. The van der Waals surface area contributed by atoms with Crippen LogP contribution in [0.15, 0.2) is 71.8 Å². The van der Waals surface area contributed by atoms with Gasteiger partial charge in [-0.05, 0) is 60.5 Å². The Morgan fingerprint density at radius 3 is 2.65 bits per heavy atom. The molecule has 0 saturated carbocycles. The van der Waals surface area contributed by atoms with Gasteiger partial charge in [0.1, 0.15) is 12.4 Å². The van der Waals surface area contributed by atoms with Gasteiger partial charge in [0.05, 0.1) is 19.9 Å². The largest absolute Gasteiger partial charge is 0.493 e. The van der Waals surface area contributed by atoms with Crippen LogP contribution in [-0.4, -0.2) is 25.8 Å². The Labute approximate surface area is 186 Å². The summed E-state index contributed by atoms with van der Waals surface area (Å²) in [5, 5.41) is 4.70. The Morgan fingerprint density at radius 2 is 1.87 bits per heavy atom. The van der Waals surface area contributed by atoms with Crippen LogP contribution in [0.4, 0.5) is 0 Å². The van der Waals surface area contributed by atoms with E-state index in [2.05, 4.69) is 10.5 Å². The number of carbonyl (C=O) groups excluding carboxylic acids is 1. The van der Waals surface area contributed by atoms with Gasteiger partial charge in [-0.25, -0.2) is 5.43 Å². The molecule has 0 aliphatic rings. The van der Waals surface area contributed by atoms with Crippen molar-refractivity contribution in [2.45, 2.75) is 13.5 Å². The molecule has 3 aromatic rings. The average Bonchev–Trinajstić information content (AvgIpc) is 2.78. The summed E-state index contributed by atoms with van der Waals surface area (Å²) >= 11 is 6.00. The minimum atomic E-state index is -0.356. The highest BCUT2D eigenvalue weighted by Gasteiger charge is 2.10. The van der Waals surface area contributed by atoms with Gasteiger partial charge in [0.2, 0.25) is 0 Å². The molecule has 31 heavy (non-hydrogen) atoms. The van der Waals surface area contributed by atoms with Gasteiger partial charge in [-0.3, -0.25) is 4.79 Å². The molecule has 3 rings (SSSR count). The summed E-state index contributed by atoms with van der Waals surface area (Å²) in [5.41, 5.74) is 4.69. The Bertz CT molecular complexity index is 1070. The summed E-state index contributed by atoms with van der Waals surface area (Å²) in [5.74, 6) is 1.40. The molecule has 7 heteroatoms. The molecule has 0 atom stereocenters. The number of carbonyl (C=O) groups is 1. The van der Waals surface area contributed by atoms with Crippen molar-refractivity contribution in [3.63, 3.8) is 0 Å². The lowest BCUT2D eigenvalue weighted by atomic mass is 10.2. The van der Waals surface area contributed by atoms with Crippen molar-refractivity contribution in [2.24, 2.45) is 5.10 Å². The number of rotatable bonds is 9. The molecule has 0 unspecified atom stereocenters. The van der Waals surface area contributed by atoms with Crippen molar-refractivity contribution in [2.75, 3.05) is 13.7 Å². The van der Waals surface area contributed by atoms with Crippen LogP contribution in [0.2, 0.25) is 5.02 Å². The van der Waals surface area contributed by atoms with Gasteiger partial charge in [0.25, 0.3) is 5.91 Å². The lowest BCUT2D eigenvalue weighted by Gasteiger charge is -2.10. The highest BCUT2D eigenvalue weighted by Crippen LogP contribution is 2.28. The summed E-state index contributed by atoms with van der Waals surface area (Å²) in [7, 11) is 1.53. The monoisotopic (exact) mass is 438 g/mol. The number of halogens is 1. The van der Waals surface area contributed by atoms with Crippen LogP contribution in [0.5, 0.6) is 17.2 Å². The van der Waals surface area contributed by atoms with Crippen LogP contribution in [0.3, 0.4) is 0 Å².